The highest BCUT2D eigenvalue weighted by molar-refractivity contribution is 7.71. The lowest BCUT2D eigenvalue weighted by molar-refractivity contribution is -0.384. The van der Waals surface area contributed by atoms with Gasteiger partial charge < -0.3 is 20.8 Å². The lowest BCUT2D eigenvalue weighted by Crippen LogP contribution is -2.26. The molecule has 10 heteroatoms. The SMILES string of the molecule is COC(=O)C1=C(C)Nc2nc(=S)[nH]c(N)c2C1c1cccc([N+](=O)[O-])c1. The molecule has 0 amide bonds. The van der Waals surface area contributed by atoms with Gasteiger partial charge in [-0.2, -0.15) is 0 Å². The minimum atomic E-state index is -0.696. The van der Waals surface area contributed by atoms with Crippen LogP contribution in [0.15, 0.2) is 35.5 Å². The molecule has 4 N–H and O–H groups in total. The van der Waals surface area contributed by atoms with Crippen LogP contribution in [0.3, 0.4) is 0 Å². The van der Waals surface area contributed by atoms with E-state index in [-0.39, 0.29) is 16.3 Å². The number of nitrogens with one attached hydrogen (secondary N) is 2. The Morgan fingerprint density at radius 3 is 2.85 bits per heavy atom. The van der Waals surface area contributed by atoms with E-state index in [1.165, 1.54) is 19.2 Å². The molecule has 0 saturated heterocycles. The first-order valence-corrected chi connectivity index (χ1v) is 7.94. The number of nitro groups is 1. The quantitative estimate of drug-likeness (QED) is 0.323. The number of anilines is 2. The van der Waals surface area contributed by atoms with Crippen molar-refractivity contribution < 1.29 is 14.5 Å². The highest BCUT2D eigenvalue weighted by atomic mass is 32.1. The number of fused-ring (bicyclic) bond motifs is 1. The average Bonchev–Trinajstić information content (AvgIpc) is 2.59. The smallest absolute Gasteiger partial charge is 0.336 e. The van der Waals surface area contributed by atoms with Gasteiger partial charge in [-0.1, -0.05) is 12.1 Å². The number of rotatable bonds is 3. The molecule has 134 valence electrons. The predicted molar refractivity (Wildman–Crippen MR) is 97.1 cm³/mol. The zero-order valence-corrected chi connectivity index (χ0v) is 14.7. The van der Waals surface area contributed by atoms with Crippen LogP contribution in [0.5, 0.6) is 0 Å². The Morgan fingerprint density at radius 1 is 1.46 bits per heavy atom. The van der Waals surface area contributed by atoms with E-state index in [2.05, 4.69) is 15.3 Å². The molecule has 1 aliphatic rings. The van der Waals surface area contributed by atoms with Crippen molar-refractivity contribution in [1.82, 2.24) is 9.97 Å². The summed E-state index contributed by atoms with van der Waals surface area (Å²) in [5.74, 6) is -0.650. The van der Waals surface area contributed by atoms with Crippen molar-refractivity contribution in [3.05, 3.63) is 61.5 Å². The largest absolute Gasteiger partial charge is 0.466 e. The van der Waals surface area contributed by atoms with Crippen LogP contribution in [-0.2, 0) is 9.53 Å². The predicted octanol–water partition coefficient (Wildman–Crippen LogP) is 2.63. The van der Waals surface area contributed by atoms with E-state index in [0.717, 1.165) is 0 Å². The molecule has 9 nitrogen and oxygen atoms in total. The number of hydrogen-bond acceptors (Lipinski definition) is 8. The van der Waals surface area contributed by atoms with E-state index < -0.39 is 16.8 Å². The van der Waals surface area contributed by atoms with Crippen molar-refractivity contribution >= 4 is 35.5 Å². The van der Waals surface area contributed by atoms with Gasteiger partial charge in [0.15, 0.2) is 4.77 Å². The molecule has 2 heterocycles. The zero-order chi connectivity index (χ0) is 19.0. The van der Waals surface area contributed by atoms with Gasteiger partial charge in [-0.3, -0.25) is 10.1 Å². The number of aromatic nitrogens is 2. The summed E-state index contributed by atoms with van der Waals surface area (Å²) in [6.07, 6.45) is 0. The van der Waals surface area contributed by atoms with E-state index >= 15 is 0 Å². The van der Waals surface area contributed by atoms with Crippen LogP contribution in [0.1, 0.15) is 24.0 Å². The van der Waals surface area contributed by atoms with Crippen molar-refractivity contribution in [3.8, 4) is 0 Å². The number of nitrogens with zero attached hydrogens (tertiary/aromatic N) is 2. The van der Waals surface area contributed by atoms with Crippen LogP contribution in [0.2, 0.25) is 0 Å². The Morgan fingerprint density at radius 2 is 2.19 bits per heavy atom. The lowest BCUT2D eigenvalue weighted by atomic mass is 9.82. The van der Waals surface area contributed by atoms with Crippen LogP contribution < -0.4 is 11.1 Å². The first-order chi connectivity index (χ1) is 12.3. The van der Waals surface area contributed by atoms with Gasteiger partial charge in [0.25, 0.3) is 5.69 Å². The van der Waals surface area contributed by atoms with Gasteiger partial charge in [-0.15, -0.1) is 0 Å². The molecule has 3 rings (SSSR count). The van der Waals surface area contributed by atoms with Crippen LogP contribution >= 0.6 is 12.2 Å². The zero-order valence-electron chi connectivity index (χ0n) is 13.9. The van der Waals surface area contributed by atoms with Gasteiger partial charge in [0.2, 0.25) is 0 Å². The van der Waals surface area contributed by atoms with Crippen molar-refractivity contribution in [2.45, 2.75) is 12.8 Å². The Labute approximate surface area is 153 Å². The summed E-state index contributed by atoms with van der Waals surface area (Å²) in [5, 5.41) is 14.2. The van der Waals surface area contributed by atoms with Gasteiger partial charge in [0.1, 0.15) is 11.6 Å². The number of hydrogen-bond donors (Lipinski definition) is 3. The molecule has 1 unspecified atom stereocenters. The highest BCUT2D eigenvalue weighted by Crippen LogP contribution is 2.43. The normalized spacial score (nSPS) is 15.8. The fraction of sp³-hybridized carbons (Fsp3) is 0.188. The fourth-order valence-corrected chi connectivity index (χ4v) is 3.23. The highest BCUT2D eigenvalue weighted by Gasteiger charge is 2.36. The van der Waals surface area contributed by atoms with Gasteiger partial charge in [0.05, 0.1) is 23.5 Å². The minimum Gasteiger partial charge on any atom is -0.466 e. The number of allylic oxidation sites excluding steroid dienone is 1. The lowest BCUT2D eigenvalue weighted by Gasteiger charge is -2.29. The number of carbonyl (C=O) groups is 1. The van der Waals surface area contributed by atoms with E-state index in [4.69, 9.17) is 22.7 Å². The molecular weight excluding hydrogens is 358 g/mol. The topological polar surface area (TPSA) is 136 Å². The molecule has 0 fully saturated rings. The third-order valence-corrected chi connectivity index (χ3v) is 4.30. The number of nitrogen functional groups attached to an aromatic ring is 1. The maximum atomic E-state index is 12.4. The first-order valence-electron chi connectivity index (χ1n) is 7.53. The Balaban J connectivity index is 2.31. The van der Waals surface area contributed by atoms with Gasteiger partial charge in [0, 0.05) is 23.4 Å². The van der Waals surface area contributed by atoms with Crippen molar-refractivity contribution in [2.24, 2.45) is 0 Å². The first kappa shape index (κ1) is 17.5. The van der Waals surface area contributed by atoms with Crippen molar-refractivity contribution in [3.63, 3.8) is 0 Å². The molecule has 1 aromatic carbocycles. The number of non-ortho nitro benzene ring substituents is 1. The molecule has 1 aromatic heterocycles. The molecule has 0 saturated carbocycles. The number of aromatic amines is 1. The van der Waals surface area contributed by atoms with Gasteiger partial charge in [-0.25, -0.2) is 9.78 Å². The second-order valence-electron chi connectivity index (χ2n) is 5.66. The van der Waals surface area contributed by atoms with E-state index in [0.29, 0.717) is 28.2 Å². The number of nitrogens with two attached hydrogens (primary N) is 1. The summed E-state index contributed by atoms with van der Waals surface area (Å²) in [5.41, 5.74) is 7.80. The van der Waals surface area contributed by atoms with Crippen LogP contribution in [0, 0.1) is 14.9 Å². The second-order valence-corrected chi connectivity index (χ2v) is 6.04. The summed E-state index contributed by atoms with van der Waals surface area (Å²) in [6.45, 7) is 1.69. The maximum absolute atomic E-state index is 12.4. The Hall–Kier alpha value is -3.27. The Kier molecular flexibility index (Phi) is 4.43. The molecule has 0 bridgehead atoms. The summed E-state index contributed by atoms with van der Waals surface area (Å²) < 4.78 is 5.09. The molecule has 1 aliphatic heterocycles. The number of benzene rings is 1. The fourth-order valence-electron chi connectivity index (χ4n) is 3.03. The number of methoxy groups -OCH3 is 1. The maximum Gasteiger partial charge on any atom is 0.336 e. The van der Waals surface area contributed by atoms with Crippen molar-refractivity contribution in [2.75, 3.05) is 18.2 Å². The third-order valence-electron chi connectivity index (χ3n) is 4.11. The number of esters is 1. The summed E-state index contributed by atoms with van der Waals surface area (Å²) in [7, 11) is 1.27. The van der Waals surface area contributed by atoms with Crippen molar-refractivity contribution in [1.29, 1.82) is 0 Å². The monoisotopic (exact) mass is 373 g/mol. The standard InChI is InChI=1S/C16H15N5O4S/c1-7-10(15(22)25-2)11(8-4-3-5-9(6-8)21(23)24)12-13(17)19-16(26)20-14(12)18-7/h3-6,11H,1-2H3,(H4,17,18,19,20,26). The Bertz CT molecular complexity index is 1010. The molecule has 0 radical (unpaired) electrons. The summed E-state index contributed by atoms with van der Waals surface area (Å²) >= 11 is 5.05. The number of H-pyrrole nitrogens is 1. The molecule has 0 spiro atoms. The molecule has 1 atom stereocenters. The van der Waals surface area contributed by atoms with Crippen LogP contribution in [-0.4, -0.2) is 28.0 Å². The third kappa shape index (κ3) is 2.90. The van der Waals surface area contributed by atoms with Crippen LogP contribution in [0.25, 0.3) is 0 Å². The van der Waals surface area contributed by atoms with E-state index in [1.807, 2.05) is 0 Å². The number of ether oxygens (including phenoxy) is 1. The number of nitro benzene ring substituents is 1. The second kappa shape index (κ2) is 6.56. The van der Waals surface area contributed by atoms with E-state index in [9.17, 15) is 14.9 Å². The van der Waals surface area contributed by atoms with E-state index in [1.54, 1.807) is 19.1 Å². The molecule has 26 heavy (non-hydrogen) atoms. The molecule has 0 aliphatic carbocycles. The minimum absolute atomic E-state index is 0.0974. The summed E-state index contributed by atoms with van der Waals surface area (Å²) in [6, 6.07) is 6.01. The van der Waals surface area contributed by atoms with Crippen LogP contribution in [0.4, 0.5) is 17.3 Å². The van der Waals surface area contributed by atoms with Gasteiger partial charge in [-0.05, 0) is 24.7 Å². The average molecular weight is 373 g/mol. The summed E-state index contributed by atoms with van der Waals surface area (Å²) in [4.78, 5) is 30.1. The molecular formula is C16H15N5O4S. The number of carbonyl (C=O) groups excluding carboxylic acids is 1. The van der Waals surface area contributed by atoms with Gasteiger partial charge >= 0.3 is 5.97 Å². The molecule has 2 aromatic rings.